The van der Waals surface area contributed by atoms with Gasteiger partial charge in [-0.05, 0) is 40.5 Å². The average molecular weight is 456 g/mol. The van der Waals surface area contributed by atoms with Crippen molar-refractivity contribution in [3.05, 3.63) is 77.6 Å². The van der Waals surface area contributed by atoms with E-state index in [1.54, 1.807) is 38.2 Å². The Balaban J connectivity index is 1.80. The molecule has 3 aromatic rings. The molecule has 0 radical (unpaired) electrons. The van der Waals surface area contributed by atoms with Crippen LogP contribution in [0.15, 0.2) is 42.9 Å². The zero-order valence-electron chi connectivity index (χ0n) is 14.5. The maximum absolute atomic E-state index is 12.3. The summed E-state index contributed by atoms with van der Waals surface area (Å²) in [6.07, 6.45) is -0.716. The molecule has 10 heteroatoms. The molecule has 1 aromatic carbocycles. The van der Waals surface area contributed by atoms with E-state index in [0.29, 0.717) is 20.8 Å². The second-order valence-electron chi connectivity index (χ2n) is 6.01. The zero-order valence-corrected chi connectivity index (χ0v) is 16.9. The number of rotatable bonds is 5. The minimum atomic E-state index is -0.836. The Hall–Kier alpha value is -2.23. The smallest absolute Gasteiger partial charge is 0.331 e. The highest BCUT2D eigenvalue weighted by Gasteiger charge is 2.17. The van der Waals surface area contributed by atoms with Crippen molar-refractivity contribution in [2.24, 2.45) is 7.05 Å². The minimum absolute atomic E-state index is 0.100. The van der Waals surface area contributed by atoms with E-state index in [-0.39, 0.29) is 24.7 Å². The third-order valence-electron chi connectivity index (χ3n) is 4.21. The molecule has 3 rings (SSSR count). The summed E-state index contributed by atoms with van der Waals surface area (Å²) in [5.74, 6) is 0.367. The summed E-state index contributed by atoms with van der Waals surface area (Å²) in [5.41, 5.74) is 0.232. The summed E-state index contributed by atoms with van der Waals surface area (Å²) >= 11 is 9.03. The lowest BCUT2D eigenvalue weighted by Gasteiger charge is -2.09. The van der Waals surface area contributed by atoms with Crippen molar-refractivity contribution in [3.8, 4) is 0 Å². The monoisotopic (exact) mass is 454 g/mol. The third-order valence-corrected chi connectivity index (χ3v) is 5.37. The molecule has 0 unspecified atom stereocenters. The van der Waals surface area contributed by atoms with E-state index in [9.17, 15) is 14.7 Å². The molecule has 1 N–H and O–H groups in total. The molecule has 0 spiro atoms. The van der Waals surface area contributed by atoms with Crippen molar-refractivity contribution in [2.45, 2.75) is 26.0 Å². The standard InChI is InChI=1S/C17H16BrClN4O4/c1-9-15(18)16(25)23(17(26)22(9)2)8-14-20-13(21-27-14)7-12(24)10-3-5-11(19)6-4-10/h3-6,12,24H,7-8H2,1-2H3/t12-/m0/s1. The topological polar surface area (TPSA) is 103 Å². The SMILES string of the molecule is Cc1c(Br)c(=O)n(Cc2nc(C[C@H](O)c3ccc(Cl)cc3)no2)c(=O)n1C. The van der Waals surface area contributed by atoms with Gasteiger partial charge in [-0.25, -0.2) is 9.36 Å². The summed E-state index contributed by atoms with van der Waals surface area (Å²) in [4.78, 5) is 28.8. The molecular formula is C17H16BrClN4O4. The molecule has 0 saturated heterocycles. The lowest BCUT2D eigenvalue weighted by atomic mass is 10.1. The van der Waals surface area contributed by atoms with Crippen LogP contribution in [0.3, 0.4) is 0 Å². The van der Waals surface area contributed by atoms with Gasteiger partial charge in [0.05, 0.1) is 6.10 Å². The average Bonchev–Trinajstić information content (AvgIpc) is 3.09. The van der Waals surface area contributed by atoms with Crippen molar-refractivity contribution in [3.63, 3.8) is 0 Å². The summed E-state index contributed by atoms with van der Waals surface area (Å²) in [6.45, 7) is 1.51. The fraction of sp³-hybridized carbons (Fsp3) is 0.294. The van der Waals surface area contributed by atoms with Gasteiger partial charge in [0.15, 0.2) is 5.82 Å². The summed E-state index contributed by atoms with van der Waals surface area (Å²) in [6, 6.07) is 6.78. The van der Waals surface area contributed by atoms with Crippen molar-refractivity contribution < 1.29 is 9.63 Å². The van der Waals surface area contributed by atoms with Crippen LogP contribution in [0.2, 0.25) is 5.02 Å². The molecule has 0 bridgehead atoms. The fourth-order valence-corrected chi connectivity index (χ4v) is 3.13. The van der Waals surface area contributed by atoms with E-state index in [0.717, 1.165) is 4.57 Å². The van der Waals surface area contributed by atoms with Crippen LogP contribution in [0.4, 0.5) is 0 Å². The van der Waals surface area contributed by atoms with Crippen LogP contribution >= 0.6 is 27.5 Å². The minimum Gasteiger partial charge on any atom is -0.388 e. The number of hydrogen-bond donors (Lipinski definition) is 1. The van der Waals surface area contributed by atoms with Crippen molar-refractivity contribution in [1.29, 1.82) is 0 Å². The van der Waals surface area contributed by atoms with Crippen LogP contribution < -0.4 is 11.2 Å². The number of hydrogen-bond acceptors (Lipinski definition) is 6. The molecule has 142 valence electrons. The Morgan fingerprint density at radius 2 is 1.96 bits per heavy atom. The van der Waals surface area contributed by atoms with E-state index < -0.39 is 17.4 Å². The predicted molar refractivity (Wildman–Crippen MR) is 102 cm³/mol. The molecule has 0 aliphatic carbocycles. The molecule has 2 aromatic heterocycles. The Morgan fingerprint density at radius 3 is 2.63 bits per heavy atom. The van der Waals surface area contributed by atoms with Gasteiger partial charge in [-0.2, -0.15) is 4.98 Å². The van der Waals surface area contributed by atoms with Crippen LogP contribution in [0, 0.1) is 6.92 Å². The maximum Gasteiger partial charge on any atom is 0.331 e. The first-order valence-corrected chi connectivity index (χ1v) is 9.16. The molecule has 0 fully saturated rings. The van der Waals surface area contributed by atoms with Gasteiger partial charge in [-0.3, -0.25) is 9.36 Å². The summed E-state index contributed by atoms with van der Waals surface area (Å²) in [5, 5.41) is 14.7. The summed E-state index contributed by atoms with van der Waals surface area (Å²) in [7, 11) is 1.57. The maximum atomic E-state index is 12.3. The first-order chi connectivity index (χ1) is 12.8. The molecule has 0 saturated carbocycles. The Morgan fingerprint density at radius 1 is 1.30 bits per heavy atom. The highest BCUT2D eigenvalue weighted by Crippen LogP contribution is 2.19. The Labute approximate surface area is 167 Å². The lowest BCUT2D eigenvalue weighted by molar-refractivity contribution is 0.174. The van der Waals surface area contributed by atoms with Gasteiger partial charge in [-0.15, -0.1) is 0 Å². The van der Waals surface area contributed by atoms with E-state index in [4.69, 9.17) is 16.1 Å². The number of benzene rings is 1. The van der Waals surface area contributed by atoms with E-state index in [2.05, 4.69) is 26.1 Å². The van der Waals surface area contributed by atoms with Crippen LogP contribution in [0.1, 0.15) is 29.1 Å². The highest BCUT2D eigenvalue weighted by molar-refractivity contribution is 9.10. The number of aromatic nitrogens is 4. The fourth-order valence-electron chi connectivity index (χ4n) is 2.52. The number of halogens is 2. The van der Waals surface area contributed by atoms with E-state index >= 15 is 0 Å². The molecule has 27 heavy (non-hydrogen) atoms. The molecule has 2 heterocycles. The summed E-state index contributed by atoms with van der Waals surface area (Å²) < 4.78 is 7.78. The number of aliphatic hydroxyl groups is 1. The van der Waals surface area contributed by atoms with Crippen molar-refractivity contribution in [2.75, 3.05) is 0 Å². The van der Waals surface area contributed by atoms with E-state index in [1.807, 2.05) is 0 Å². The normalized spacial score (nSPS) is 12.3. The highest BCUT2D eigenvalue weighted by atomic mass is 79.9. The van der Waals surface area contributed by atoms with Crippen LogP contribution in [0.5, 0.6) is 0 Å². The first-order valence-electron chi connectivity index (χ1n) is 7.99. The van der Waals surface area contributed by atoms with Gasteiger partial charge in [0.25, 0.3) is 5.56 Å². The molecule has 1 atom stereocenters. The Kier molecular flexibility index (Phi) is 5.64. The second-order valence-corrected chi connectivity index (χ2v) is 7.24. The Bertz CT molecular complexity index is 1050. The third kappa shape index (κ3) is 4.05. The van der Waals surface area contributed by atoms with Crippen molar-refractivity contribution in [1.82, 2.24) is 19.3 Å². The van der Waals surface area contributed by atoms with Gasteiger partial charge >= 0.3 is 5.69 Å². The van der Waals surface area contributed by atoms with Gasteiger partial charge < -0.3 is 9.63 Å². The zero-order chi connectivity index (χ0) is 19.7. The largest absolute Gasteiger partial charge is 0.388 e. The quantitative estimate of drug-likeness (QED) is 0.631. The van der Waals surface area contributed by atoms with Crippen molar-refractivity contribution >= 4 is 27.5 Å². The predicted octanol–water partition coefficient (Wildman–Crippen LogP) is 1.98. The number of nitrogens with zero attached hydrogens (tertiary/aromatic N) is 4. The molecule has 0 amide bonds. The van der Waals surface area contributed by atoms with Crippen LogP contribution in [-0.4, -0.2) is 24.4 Å². The molecule has 8 nitrogen and oxygen atoms in total. The first kappa shape index (κ1) is 19.5. The van der Waals surface area contributed by atoms with Crippen LogP contribution in [0.25, 0.3) is 0 Å². The number of aliphatic hydroxyl groups excluding tert-OH is 1. The molecule has 0 aliphatic heterocycles. The van der Waals surface area contributed by atoms with Gasteiger partial charge in [-0.1, -0.05) is 28.9 Å². The van der Waals surface area contributed by atoms with Gasteiger partial charge in [0.2, 0.25) is 5.89 Å². The second kappa shape index (κ2) is 7.79. The van der Waals surface area contributed by atoms with E-state index in [1.165, 1.54) is 4.57 Å². The van der Waals surface area contributed by atoms with Gasteiger partial charge in [0, 0.05) is 24.2 Å². The lowest BCUT2D eigenvalue weighted by Crippen LogP contribution is -2.40. The van der Waals surface area contributed by atoms with Crippen LogP contribution in [-0.2, 0) is 20.0 Å². The van der Waals surface area contributed by atoms with Gasteiger partial charge in [0.1, 0.15) is 11.0 Å². The molecule has 0 aliphatic rings. The molecular weight excluding hydrogens is 440 g/mol.